The van der Waals surface area contributed by atoms with E-state index in [9.17, 15) is 0 Å². The van der Waals surface area contributed by atoms with Gasteiger partial charge in [-0.2, -0.15) is 0 Å². The molecule has 1 aliphatic rings. The van der Waals surface area contributed by atoms with Crippen LogP contribution in [0, 0.1) is 6.92 Å². The number of ether oxygens (including phenoxy) is 1. The van der Waals surface area contributed by atoms with Gasteiger partial charge in [0, 0.05) is 24.3 Å². The summed E-state index contributed by atoms with van der Waals surface area (Å²) in [4.78, 5) is 8.23. The zero-order valence-electron chi connectivity index (χ0n) is 10.9. The topological polar surface area (TPSA) is 63.9 Å². The lowest BCUT2D eigenvalue weighted by atomic mass is 9.82. The van der Waals surface area contributed by atoms with Gasteiger partial charge in [-0.25, -0.2) is 4.98 Å². The maximum absolute atomic E-state index is 5.55. The zero-order chi connectivity index (χ0) is 12.3. The number of hydrogen-bond acceptors (Lipinski definition) is 3. The standard InChI is InChI=1S/C13H23N3O/c1-10-11(4-3-7-14)16-12(15-10)13(2)5-8-17-9-6-13/h3-9,14H2,1-2H3,(H,15,16). The molecule has 4 nitrogen and oxygen atoms in total. The number of aromatic amines is 1. The minimum Gasteiger partial charge on any atom is -0.381 e. The molecule has 1 saturated heterocycles. The number of nitrogens with two attached hydrogens (primary N) is 1. The van der Waals surface area contributed by atoms with Gasteiger partial charge < -0.3 is 15.5 Å². The monoisotopic (exact) mass is 237 g/mol. The Labute approximate surface area is 103 Å². The lowest BCUT2D eigenvalue weighted by Gasteiger charge is -2.31. The Balaban J connectivity index is 2.15. The normalized spacial score (nSPS) is 19.5. The first-order valence-corrected chi connectivity index (χ1v) is 6.49. The summed E-state index contributed by atoms with van der Waals surface area (Å²) in [5.41, 5.74) is 8.08. The van der Waals surface area contributed by atoms with Crippen LogP contribution < -0.4 is 5.73 Å². The van der Waals surface area contributed by atoms with Crippen molar-refractivity contribution in [3.63, 3.8) is 0 Å². The fourth-order valence-electron chi connectivity index (χ4n) is 2.35. The Morgan fingerprint density at radius 3 is 2.76 bits per heavy atom. The SMILES string of the molecule is Cc1[nH]c(C2(C)CCOCC2)nc1CCCN. The van der Waals surface area contributed by atoms with Crippen LogP contribution in [-0.2, 0) is 16.6 Å². The summed E-state index contributed by atoms with van der Waals surface area (Å²) in [5, 5.41) is 0. The van der Waals surface area contributed by atoms with Gasteiger partial charge in [0.05, 0.1) is 5.69 Å². The molecule has 0 saturated carbocycles. The fraction of sp³-hybridized carbons (Fsp3) is 0.769. The molecule has 0 aliphatic carbocycles. The second kappa shape index (κ2) is 5.19. The van der Waals surface area contributed by atoms with E-state index in [4.69, 9.17) is 15.5 Å². The summed E-state index contributed by atoms with van der Waals surface area (Å²) in [6, 6.07) is 0. The molecule has 1 aromatic heterocycles. The predicted octanol–water partition coefficient (Wildman–Crippen LogP) is 1.68. The van der Waals surface area contributed by atoms with E-state index in [1.54, 1.807) is 0 Å². The molecule has 2 heterocycles. The molecule has 0 bridgehead atoms. The largest absolute Gasteiger partial charge is 0.381 e. The molecule has 1 aliphatic heterocycles. The van der Waals surface area contributed by atoms with E-state index in [-0.39, 0.29) is 5.41 Å². The zero-order valence-corrected chi connectivity index (χ0v) is 10.9. The number of hydrogen-bond donors (Lipinski definition) is 2. The summed E-state index contributed by atoms with van der Waals surface area (Å²) < 4.78 is 5.43. The first kappa shape index (κ1) is 12.6. The molecule has 0 atom stereocenters. The highest BCUT2D eigenvalue weighted by atomic mass is 16.5. The second-order valence-corrected chi connectivity index (χ2v) is 5.22. The Morgan fingerprint density at radius 1 is 1.41 bits per heavy atom. The highest BCUT2D eigenvalue weighted by molar-refractivity contribution is 5.19. The lowest BCUT2D eigenvalue weighted by molar-refractivity contribution is 0.0537. The van der Waals surface area contributed by atoms with Crippen LogP contribution in [-0.4, -0.2) is 29.7 Å². The Bertz CT molecular complexity index is 367. The molecule has 3 N–H and O–H groups in total. The number of imidazole rings is 1. The molecular formula is C13H23N3O. The first-order valence-electron chi connectivity index (χ1n) is 6.49. The Hall–Kier alpha value is -0.870. The average molecular weight is 237 g/mol. The Kier molecular flexibility index (Phi) is 3.84. The van der Waals surface area contributed by atoms with Gasteiger partial charge in [0.1, 0.15) is 5.82 Å². The second-order valence-electron chi connectivity index (χ2n) is 5.22. The van der Waals surface area contributed by atoms with Gasteiger partial charge >= 0.3 is 0 Å². The maximum Gasteiger partial charge on any atom is 0.112 e. The van der Waals surface area contributed by atoms with Crippen LogP contribution in [0.3, 0.4) is 0 Å². The lowest BCUT2D eigenvalue weighted by Crippen LogP contribution is -2.31. The van der Waals surface area contributed by atoms with Gasteiger partial charge in [-0.1, -0.05) is 6.92 Å². The van der Waals surface area contributed by atoms with E-state index in [2.05, 4.69) is 18.8 Å². The number of nitrogens with one attached hydrogen (secondary N) is 1. The van der Waals surface area contributed by atoms with E-state index in [0.717, 1.165) is 51.3 Å². The quantitative estimate of drug-likeness (QED) is 0.837. The average Bonchev–Trinajstić information content (AvgIpc) is 2.70. The molecule has 2 rings (SSSR count). The smallest absolute Gasteiger partial charge is 0.112 e. The van der Waals surface area contributed by atoms with Gasteiger partial charge in [-0.3, -0.25) is 0 Å². The molecule has 1 fully saturated rings. The van der Waals surface area contributed by atoms with E-state index < -0.39 is 0 Å². The highest BCUT2D eigenvalue weighted by Crippen LogP contribution is 2.32. The van der Waals surface area contributed by atoms with Crippen molar-refractivity contribution >= 4 is 0 Å². The van der Waals surface area contributed by atoms with Crippen molar-refractivity contribution in [2.45, 2.75) is 44.9 Å². The summed E-state index contributed by atoms with van der Waals surface area (Å²) in [5.74, 6) is 1.13. The fourth-order valence-corrected chi connectivity index (χ4v) is 2.35. The first-order chi connectivity index (χ1) is 8.15. The third kappa shape index (κ3) is 2.69. The van der Waals surface area contributed by atoms with Gasteiger partial charge in [0.15, 0.2) is 0 Å². The minimum absolute atomic E-state index is 0.157. The third-order valence-electron chi connectivity index (χ3n) is 3.77. The van der Waals surface area contributed by atoms with Crippen molar-refractivity contribution in [2.75, 3.05) is 19.8 Å². The van der Waals surface area contributed by atoms with Crippen LogP contribution in [0.2, 0.25) is 0 Å². The van der Waals surface area contributed by atoms with Gasteiger partial charge in [-0.15, -0.1) is 0 Å². The molecule has 0 radical (unpaired) electrons. The molecule has 0 aromatic carbocycles. The van der Waals surface area contributed by atoms with Crippen molar-refractivity contribution in [1.82, 2.24) is 9.97 Å². The molecule has 4 heteroatoms. The van der Waals surface area contributed by atoms with Crippen LogP contribution in [0.4, 0.5) is 0 Å². The third-order valence-corrected chi connectivity index (χ3v) is 3.77. The number of aromatic nitrogens is 2. The van der Waals surface area contributed by atoms with Crippen LogP contribution in [0.25, 0.3) is 0 Å². The molecule has 0 amide bonds. The number of nitrogens with zero attached hydrogens (tertiary/aromatic N) is 1. The minimum atomic E-state index is 0.157. The number of rotatable bonds is 4. The van der Waals surface area contributed by atoms with E-state index >= 15 is 0 Å². The van der Waals surface area contributed by atoms with E-state index in [0.29, 0.717) is 0 Å². The van der Waals surface area contributed by atoms with Crippen molar-refractivity contribution in [3.8, 4) is 0 Å². The molecule has 1 aromatic rings. The van der Waals surface area contributed by atoms with Gasteiger partial charge in [0.2, 0.25) is 0 Å². The molecule has 17 heavy (non-hydrogen) atoms. The van der Waals surface area contributed by atoms with Crippen molar-refractivity contribution in [2.24, 2.45) is 5.73 Å². The van der Waals surface area contributed by atoms with Gasteiger partial charge in [-0.05, 0) is 39.2 Å². The summed E-state index contributed by atoms with van der Waals surface area (Å²) >= 11 is 0. The number of aryl methyl sites for hydroxylation is 2. The van der Waals surface area contributed by atoms with Crippen LogP contribution >= 0.6 is 0 Å². The summed E-state index contributed by atoms with van der Waals surface area (Å²) in [7, 11) is 0. The Morgan fingerprint density at radius 2 is 2.12 bits per heavy atom. The molecule has 0 unspecified atom stereocenters. The van der Waals surface area contributed by atoms with Crippen LogP contribution in [0.15, 0.2) is 0 Å². The van der Waals surface area contributed by atoms with Crippen molar-refractivity contribution < 1.29 is 4.74 Å². The van der Waals surface area contributed by atoms with Gasteiger partial charge in [0.25, 0.3) is 0 Å². The number of H-pyrrole nitrogens is 1. The van der Waals surface area contributed by atoms with E-state index in [1.807, 2.05) is 0 Å². The van der Waals surface area contributed by atoms with Crippen LogP contribution in [0.5, 0.6) is 0 Å². The highest BCUT2D eigenvalue weighted by Gasteiger charge is 2.32. The maximum atomic E-state index is 5.55. The predicted molar refractivity (Wildman–Crippen MR) is 68.1 cm³/mol. The molecule has 96 valence electrons. The van der Waals surface area contributed by atoms with Crippen LogP contribution in [0.1, 0.15) is 43.4 Å². The van der Waals surface area contributed by atoms with Crippen molar-refractivity contribution in [3.05, 3.63) is 17.2 Å². The molecule has 0 spiro atoms. The van der Waals surface area contributed by atoms with Crippen molar-refractivity contribution in [1.29, 1.82) is 0 Å². The summed E-state index contributed by atoms with van der Waals surface area (Å²) in [6.45, 7) is 6.79. The summed E-state index contributed by atoms with van der Waals surface area (Å²) in [6.07, 6.45) is 4.09. The van der Waals surface area contributed by atoms with E-state index in [1.165, 1.54) is 11.4 Å². The molecular weight excluding hydrogens is 214 g/mol.